The van der Waals surface area contributed by atoms with Crippen LogP contribution in [0.4, 0.5) is 14.5 Å². The Balaban J connectivity index is 2.32. The summed E-state index contributed by atoms with van der Waals surface area (Å²) in [7, 11) is -4.77. The molecule has 0 aromatic heterocycles. The highest BCUT2D eigenvalue weighted by molar-refractivity contribution is 7.91. The molecule has 1 aliphatic heterocycles. The smallest absolute Gasteiger partial charge is 0.321 e. The van der Waals surface area contributed by atoms with E-state index >= 15 is 0 Å². The Morgan fingerprint density at radius 2 is 1.90 bits per heavy atom. The number of hydrogen-bond acceptors (Lipinski definition) is 4. The van der Waals surface area contributed by atoms with Crippen LogP contribution in [0.2, 0.25) is 0 Å². The van der Waals surface area contributed by atoms with Gasteiger partial charge in [-0.05, 0) is 24.6 Å². The molecule has 1 aromatic carbocycles. The maximum Gasteiger partial charge on any atom is 0.341 e. The molecule has 8 heteroatoms. The van der Waals surface area contributed by atoms with Crippen molar-refractivity contribution in [1.82, 2.24) is 5.32 Å². The molecule has 0 atom stereocenters. The molecule has 2 rings (SSSR count). The summed E-state index contributed by atoms with van der Waals surface area (Å²) in [5.41, 5.74) is 1.22. The molecule has 0 saturated carbocycles. The van der Waals surface area contributed by atoms with Crippen LogP contribution in [0.5, 0.6) is 0 Å². The van der Waals surface area contributed by atoms with Crippen LogP contribution in [0.25, 0.3) is 0 Å². The second-order valence-corrected chi connectivity index (χ2v) is 6.47. The van der Waals surface area contributed by atoms with Crippen molar-refractivity contribution in [1.29, 1.82) is 0 Å². The van der Waals surface area contributed by atoms with Crippen LogP contribution in [0.1, 0.15) is 6.92 Å². The predicted molar refractivity (Wildman–Crippen MR) is 73.8 cm³/mol. The number of alkyl halides is 2. The lowest BCUT2D eigenvalue weighted by molar-refractivity contribution is -0.112. The molecule has 1 heterocycles. The van der Waals surface area contributed by atoms with Crippen molar-refractivity contribution in [2.24, 2.45) is 0 Å². The number of carbonyl (C=O) groups is 1. The Labute approximate surface area is 121 Å². The van der Waals surface area contributed by atoms with Gasteiger partial charge in [-0.3, -0.25) is 4.79 Å². The predicted octanol–water partition coefficient (Wildman–Crippen LogP) is 1.54. The minimum Gasteiger partial charge on any atom is -0.321 e. The van der Waals surface area contributed by atoms with E-state index in [2.05, 4.69) is 10.6 Å². The normalized spacial score (nSPS) is 14.8. The lowest BCUT2D eigenvalue weighted by Crippen LogP contribution is -2.36. The molecule has 1 aliphatic rings. The van der Waals surface area contributed by atoms with Gasteiger partial charge in [0.25, 0.3) is 5.91 Å². The highest BCUT2D eigenvalue weighted by atomic mass is 32.2. The van der Waals surface area contributed by atoms with Gasteiger partial charge in [0.1, 0.15) is 0 Å². The van der Waals surface area contributed by atoms with Gasteiger partial charge < -0.3 is 10.6 Å². The first kappa shape index (κ1) is 15.6. The van der Waals surface area contributed by atoms with Crippen molar-refractivity contribution in [2.45, 2.75) is 17.6 Å². The van der Waals surface area contributed by atoms with E-state index in [4.69, 9.17) is 0 Å². The molecule has 21 heavy (non-hydrogen) atoms. The minimum atomic E-state index is -4.77. The van der Waals surface area contributed by atoms with Gasteiger partial charge in [-0.25, -0.2) is 8.42 Å². The van der Waals surface area contributed by atoms with E-state index in [0.29, 0.717) is 18.7 Å². The van der Waals surface area contributed by atoms with Crippen LogP contribution in [0.15, 0.2) is 40.3 Å². The summed E-state index contributed by atoms with van der Waals surface area (Å²) in [6.07, 6.45) is 0. The van der Waals surface area contributed by atoms with E-state index < -0.39 is 26.4 Å². The minimum absolute atomic E-state index is 0.143. The third-order valence-corrected chi connectivity index (χ3v) is 4.66. The number of sulfone groups is 1. The summed E-state index contributed by atoms with van der Waals surface area (Å²) in [5.74, 6) is -4.03. The molecule has 1 aromatic rings. The van der Waals surface area contributed by atoms with Crippen LogP contribution in [0.3, 0.4) is 0 Å². The third kappa shape index (κ3) is 3.11. The SMILES string of the molecule is CC(C(=O)Nc1ccccc1S(=O)(=O)C(F)F)=C1CNC1. The van der Waals surface area contributed by atoms with Gasteiger partial charge in [-0.15, -0.1) is 0 Å². The Morgan fingerprint density at radius 1 is 1.29 bits per heavy atom. The third-order valence-electron chi connectivity index (χ3n) is 3.22. The number of rotatable bonds is 4. The van der Waals surface area contributed by atoms with Crippen LogP contribution in [-0.4, -0.2) is 33.2 Å². The quantitative estimate of drug-likeness (QED) is 0.826. The molecule has 0 radical (unpaired) electrons. The first-order chi connectivity index (χ1) is 9.84. The fraction of sp³-hybridized carbons (Fsp3) is 0.308. The summed E-state index contributed by atoms with van der Waals surface area (Å²) in [5, 5.41) is 5.36. The lowest BCUT2D eigenvalue weighted by Gasteiger charge is -2.21. The maximum atomic E-state index is 12.6. The molecule has 0 aliphatic carbocycles. The summed E-state index contributed by atoms with van der Waals surface area (Å²) >= 11 is 0. The van der Waals surface area contributed by atoms with E-state index in [9.17, 15) is 22.0 Å². The van der Waals surface area contributed by atoms with Crippen LogP contribution in [-0.2, 0) is 14.6 Å². The Bertz CT molecular complexity index is 693. The highest BCUT2D eigenvalue weighted by Crippen LogP contribution is 2.26. The van der Waals surface area contributed by atoms with Crippen molar-refractivity contribution in [2.75, 3.05) is 18.4 Å². The molecule has 1 saturated heterocycles. The molecule has 0 unspecified atom stereocenters. The van der Waals surface area contributed by atoms with E-state index in [1.807, 2.05) is 0 Å². The molecule has 0 spiro atoms. The zero-order valence-corrected chi connectivity index (χ0v) is 12.0. The molecule has 0 bridgehead atoms. The number of anilines is 1. The Kier molecular flexibility index (Phi) is 4.38. The van der Waals surface area contributed by atoms with Gasteiger partial charge in [0.2, 0.25) is 9.84 Å². The molecule has 114 valence electrons. The topological polar surface area (TPSA) is 75.3 Å². The summed E-state index contributed by atoms with van der Waals surface area (Å²) in [6.45, 7) is 2.79. The zero-order chi connectivity index (χ0) is 15.6. The second-order valence-electron chi connectivity index (χ2n) is 4.59. The van der Waals surface area contributed by atoms with Crippen molar-refractivity contribution in [3.05, 3.63) is 35.4 Å². The monoisotopic (exact) mass is 316 g/mol. The number of hydrogen-bond donors (Lipinski definition) is 2. The Morgan fingerprint density at radius 3 is 2.43 bits per heavy atom. The van der Waals surface area contributed by atoms with E-state index in [1.54, 1.807) is 6.92 Å². The van der Waals surface area contributed by atoms with Gasteiger partial charge in [0.05, 0.1) is 10.6 Å². The number of benzene rings is 1. The van der Waals surface area contributed by atoms with Crippen molar-refractivity contribution in [3.8, 4) is 0 Å². The largest absolute Gasteiger partial charge is 0.341 e. The number of carbonyl (C=O) groups excluding carboxylic acids is 1. The average Bonchev–Trinajstić information content (AvgIpc) is 2.36. The number of para-hydroxylation sites is 1. The number of amides is 1. The highest BCUT2D eigenvalue weighted by Gasteiger charge is 2.29. The van der Waals surface area contributed by atoms with Crippen molar-refractivity contribution in [3.63, 3.8) is 0 Å². The second kappa shape index (κ2) is 5.90. The van der Waals surface area contributed by atoms with Gasteiger partial charge in [0.15, 0.2) is 0 Å². The van der Waals surface area contributed by atoms with Gasteiger partial charge in [-0.2, -0.15) is 8.78 Å². The van der Waals surface area contributed by atoms with Crippen LogP contribution < -0.4 is 10.6 Å². The fourth-order valence-electron chi connectivity index (χ4n) is 1.81. The van der Waals surface area contributed by atoms with Gasteiger partial charge in [0, 0.05) is 18.7 Å². The van der Waals surface area contributed by atoms with Crippen molar-refractivity contribution < 1.29 is 22.0 Å². The Hall–Kier alpha value is -1.80. The van der Waals surface area contributed by atoms with Crippen LogP contribution in [0, 0.1) is 0 Å². The maximum absolute atomic E-state index is 12.6. The number of halogens is 2. The molecular weight excluding hydrogens is 302 g/mol. The molecule has 5 nitrogen and oxygen atoms in total. The van der Waals surface area contributed by atoms with Gasteiger partial charge in [-0.1, -0.05) is 12.1 Å². The standard InChI is InChI=1S/C13H14F2N2O3S/c1-8(9-6-16-7-9)12(18)17-10-4-2-3-5-11(10)21(19,20)13(14)15/h2-5,13,16H,6-7H2,1H3,(H,17,18). The zero-order valence-electron chi connectivity index (χ0n) is 11.2. The molecule has 2 N–H and O–H groups in total. The summed E-state index contributed by atoms with van der Waals surface area (Å²) < 4.78 is 48.5. The van der Waals surface area contributed by atoms with E-state index in [-0.39, 0.29) is 5.69 Å². The summed E-state index contributed by atoms with van der Waals surface area (Å²) in [6, 6.07) is 5.12. The van der Waals surface area contributed by atoms with E-state index in [0.717, 1.165) is 11.6 Å². The molecule has 1 amide bonds. The lowest BCUT2D eigenvalue weighted by atomic mass is 10.0. The average molecular weight is 316 g/mol. The summed E-state index contributed by atoms with van der Waals surface area (Å²) in [4.78, 5) is 11.4. The van der Waals surface area contributed by atoms with Gasteiger partial charge >= 0.3 is 5.76 Å². The number of nitrogens with one attached hydrogen (secondary N) is 2. The fourth-order valence-corrected chi connectivity index (χ4v) is 2.69. The first-order valence-corrected chi connectivity index (χ1v) is 7.70. The van der Waals surface area contributed by atoms with Crippen molar-refractivity contribution >= 4 is 21.4 Å². The first-order valence-electron chi connectivity index (χ1n) is 6.16. The van der Waals surface area contributed by atoms with E-state index in [1.165, 1.54) is 18.2 Å². The molecule has 1 fully saturated rings. The van der Waals surface area contributed by atoms with Crippen LogP contribution >= 0.6 is 0 Å². The molecular formula is C13H14F2N2O3S.